The molecule has 0 bridgehead atoms. The van der Waals surface area contributed by atoms with E-state index >= 15 is 0 Å². The molecule has 11 heavy (non-hydrogen) atoms. The van der Waals surface area contributed by atoms with Crippen LogP contribution < -0.4 is 5.73 Å². The summed E-state index contributed by atoms with van der Waals surface area (Å²) in [6.07, 6.45) is 0. The van der Waals surface area contributed by atoms with Gasteiger partial charge in [0.2, 0.25) is 0 Å². The molecule has 0 radical (unpaired) electrons. The zero-order valence-electron chi connectivity index (χ0n) is 6.16. The van der Waals surface area contributed by atoms with Crippen molar-refractivity contribution in [2.45, 2.75) is 6.92 Å². The lowest BCUT2D eigenvalue weighted by molar-refractivity contribution is 1.35. The Balaban J connectivity index is 2.86. The maximum absolute atomic E-state index is 5.64. The molecule has 56 valence electrons. The zero-order valence-corrected chi connectivity index (χ0v) is 6.98. The lowest BCUT2D eigenvalue weighted by Gasteiger charge is -1.96. The van der Waals surface area contributed by atoms with Crippen molar-refractivity contribution in [2.75, 3.05) is 5.73 Å². The fourth-order valence-electron chi connectivity index (χ4n) is 1.00. The van der Waals surface area contributed by atoms with Crippen LogP contribution >= 0.6 is 11.3 Å². The quantitative estimate of drug-likeness (QED) is 0.648. The van der Waals surface area contributed by atoms with Crippen LogP contribution in [0.2, 0.25) is 0 Å². The zero-order chi connectivity index (χ0) is 7.84. The topological polar surface area (TPSA) is 38.9 Å². The lowest BCUT2D eigenvalue weighted by atomic mass is 10.3. The van der Waals surface area contributed by atoms with Gasteiger partial charge in [0.05, 0.1) is 10.2 Å². The highest BCUT2D eigenvalue weighted by atomic mass is 32.1. The van der Waals surface area contributed by atoms with Gasteiger partial charge in [-0.1, -0.05) is 0 Å². The second-order valence-corrected chi connectivity index (χ2v) is 3.44. The lowest BCUT2D eigenvalue weighted by Crippen LogP contribution is -1.92. The Labute approximate surface area is 68.7 Å². The minimum atomic E-state index is 0.635. The minimum absolute atomic E-state index is 0.635. The van der Waals surface area contributed by atoms with E-state index in [0.29, 0.717) is 5.82 Å². The fraction of sp³-hybridized carbons (Fsp3) is 0.125. The Morgan fingerprint density at radius 2 is 2.36 bits per heavy atom. The smallest absolute Gasteiger partial charge is 0.127 e. The molecule has 2 rings (SSSR count). The second kappa shape index (κ2) is 2.20. The molecule has 2 aromatic rings. The molecule has 0 saturated carbocycles. The van der Waals surface area contributed by atoms with Gasteiger partial charge in [-0.25, -0.2) is 4.98 Å². The third-order valence-corrected chi connectivity index (χ3v) is 2.52. The highest BCUT2D eigenvalue weighted by Crippen LogP contribution is 2.22. The number of thiophene rings is 1. The van der Waals surface area contributed by atoms with Crippen LogP contribution in [-0.4, -0.2) is 4.98 Å². The fourth-order valence-corrected chi connectivity index (χ4v) is 1.83. The van der Waals surface area contributed by atoms with Crippen molar-refractivity contribution >= 4 is 27.4 Å². The molecule has 0 saturated heterocycles. The van der Waals surface area contributed by atoms with Gasteiger partial charge in [0.1, 0.15) is 5.82 Å². The number of pyridine rings is 1. The Hall–Kier alpha value is -1.09. The molecule has 0 aromatic carbocycles. The Bertz CT molecular complexity index is 356. The summed E-state index contributed by atoms with van der Waals surface area (Å²) in [5.74, 6) is 0.635. The first kappa shape index (κ1) is 6.61. The van der Waals surface area contributed by atoms with E-state index in [1.165, 1.54) is 4.70 Å². The van der Waals surface area contributed by atoms with Gasteiger partial charge in [0.25, 0.3) is 0 Å². The van der Waals surface area contributed by atoms with E-state index in [2.05, 4.69) is 11.1 Å². The van der Waals surface area contributed by atoms with E-state index in [9.17, 15) is 0 Å². The van der Waals surface area contributed by atoms with Gasteiger partial charge < -0.3 is 5.73 Å². The summed E-state index contributed by atoms with van der Waals surface area (Å²) in [5.41, 5.74) is 7.69. The Morgan fingerprint density at radius 3 is 3.18 bits per heavy atom. The summed E-state index contributed by atoms with van der Waals surface area (Å²) in [6, 6.07) is 4.05. The van der Waals surface area contributed by atoms with Crippen molar-refractivity contribution in [1.29, 1.82) is 0 Å². The van der Waals surface area contributed by atoms with Gasteiger partial charge in [-0.15, -0.1) is 11.3 Å². The number of hydrogen-bond acceptors (Lipinski definition) is 3. The average molecular weight is 164 g/mol. The molecular formula is C8H8N2S. The molecule has 2 heterocycles. The van der Waals surface area contributed by atoms with Gasteiger partial charge >= 0.3 is 0 Å². The molecule has 0 fully saturated rings. The third-order valence-electron chi connectivity index (χ3n) is 1.67. The van der Waals surface area contributed by atoms with Crippen molar-refractivity contribution in [3.8, 4) is 0 Å². The molecule has 2 aromatic heterocycles. The van der Waals surface area contributed by atoms with Crippen LogP contribution in [0.3, 0.4) is 0 Å². The number of hydrogen-bond donors (Lipinski definition) is 1. The number of rotatable bonds is 0. The van der Waals surface area contributed by atoms with Gasteiger partial charge in [0.15, 0.2) is 0 Å². The van der Waals surface area contributed by atoms with Crippen LogP contribution in [0.25, 0.3) is 10.2 Å². The first-order valence-electron chi connectivity index (χ1n) is 3.38. The van der Waals surface area contributed by atoms with E-state index in [1.807, 2.05) is 18.4 Å². The van der Waals surface area contributed by atoms with Crippen LogP contribution in [0.1, 0.15) is 5.56 Å². The standard InChI is InChI=1S/C8H8N2S/c1-5-4-7-6(2-3-11-7)10-8(5)9/h2-4H,1H3,(H2,9,10). The molecule has 0 atom stereocenters. The van der Waals surface area contributed by atoms with Crippen LogP contribution in [0.4, 0.5) is 5.82 Å². The first-order chi connectivity index (χ1) is 5.27. The summed E-state index contributed by atoms with van der Waals surface area (Å²) in [4.78, 5) is 4.22. The van der Waals surface area contributed by atoms with E-state index in [4.69, 9.17) is 5.73 Å². The van der Waals surface area contributed by atoms with Crippen LogP contribution in [0, 0.1) is 6.92 Å². The van der Waals surface area contributed by atoms with E-state index in [-0.39, 0.29) is 0 Å². The number of anilines is 1. The molecule has 2 nitrogen and oxygen atoms in total. The number of nitrogen functional groups attached to an aromatic ring is 1. The summed E-state index contributed by atoms with van der Waals surface area (Å²) >= 11 is 1.69. The number of nitrogens with two attached hydrogens (primary N) is 1. The summed E-state index contributed by atoms with van der Waals surface area (Å²) in [5, 5.41) is 2.02. The van der Waals surface area contributed by atoms with E-state index < -0.39 is 0 Å². The highest BCUT2D eigenvalue weighted by Gasteiger charge is 1.99. The van der Waals surface area contributed by atoms with Crippen LogP contribution in [0.5, 0.6) is 0 Å². The van der Waals surface area contributed by atoms with Crippen LogP contribution in [0.15, 0.2) is 17.5 Å². The minimum Gasteiger partial charge on any atom is -0.383 e. The van der Waals surface area contributed by atoms with Crippen molar-refractivity contribution < 1.29 is 0 Å². The number of aromatic nitrogens is 1. The SMILES string of the molecule is Cc1cc2sccc2nc1N. The van der Waals surface area contributed by atoms with Crippen molar-refractivity contribution in [1.82, 2.24) is 4.98 Å². The van der Waals surface area contributed by atoms with Crippen molar-refractivity contribution in [2.24, 2.45) is 0 Å². The average Bonchev–Trinajstić information content (AvgIpc) is 2.36. The van der Waals surface area contributed by atoms with Gasteiger partial charge in [-0.3, -0.25) is 0 Å². The van der Waals surface area contributed by atoms with E-state index in [0.717, 1.165) is 11.1 Å². The molecule has 2 N–H and O–H groups in total. The molecule has 3 heteroatoms. The molecule has 0 spiro atoms. The molecular weight excluding hydrogens is 156 g/mol. The van der Waals surface area contributed by atoms with Crippen molar-refractivity contribution in [3.05, 3.63) is 23.1 Å². The maximum Gasteiger partial charge on any atom is 0.127 e. The predicted octanol–water partition coefficient (Wildman–Crippen LogP) is 2.19. The Kier molecular flexibility index (Phi) is 1.32. The van der Waals surface area contributed by atoms with Crippen molar-refractivity contribution in [3.63, 3.8) is 0 Å². The monoisotopic (exact) mass is 164 g/mol. The summed E-state index contributed by atoms with van der Waals surface area (Å²) in [6.45, 7) is 1.97. The predicted molar refractivity (Wildman–Crippen MR) is 48.8 cm³/mol. The molecule has 0 aliphatic heterocycles. The maximum atomic E-state index is 5.64. The number of aryl methyl sites for hydroxylation is 1. The summed E-state index contributed by atoms with van der Waals surface area (Å²) in [7, 11) is 0. The number of nitrogens with zero attached hydrogens (tertiary/aromatic N) is 1. The van der Waals surface area contributed by atoms with Gasteiger partial charge in [-0.05, 0) is 30.0 Å². The largest absolute Gasteiger partial charge is 0.383 e. The van der Waals surface area contributed by atoms with E-state index in [1.54, 1.807) is 11.3 Å². The second-order valence-electron chi connectivity index (χ2n) is 2.49. The third kappa shape index (κ3) is 0.973. The van der Waals surface area contributed by atoms with Gasteiger partial charge in [0, 0.05) is 0 Å². The highest BCUT2D eigenvalue weighted by molar-refractivity contribution is 7.17. The normalized spacial score (nSPS) is 10.6. The molecule has 0 unspecified atom stereocenters. The summed E-state index contributed by atoms with van der Waals surface area (Å²) < 4.78 is 1.21. The Morgan fingerprint density at radius 1 is 1.55 bits per heavy atom. The molecule has 0 amide bonds. The molecule has 0 aliphatic carbocycles. The molecule has 0 aliphatic rings. The first-order valence-corrected chi connectivity index (χ1v) is 4.25. The van der Waals surface area contributed by atoms with Gasteiger partial charge in [-0.2, -0.15) is 0 Å². The number of fused-ring (bicyclic) bond motifs is 1. The van der Waals surface area contributed by atoms with Crippen LogP contribution in [-0.2, 0) is 0 Å².